The summed E-state index contributed by atoms with van der Waals surface area (Å²) >= 11 is 0. The van der Waals surface area contributed by atoms with Crippen molar-refractivity contribution in [1.29, 1.82) is 0 Å². The molecule has 3 fully saturated rings. The topological polar surface area (TPSA) is 120 Å². The summed E-state index contributed by atoms with van der Waals surface area (Å²) in [6.45, 7) is 0.866. The normalized spacial score (nSPS) is 25.2. The second kappa shape index (κ2) is 10.3. The Labute approximate surface area is 194 Å². The van der Waals surface area contributed by atoms with E-state index in [1.165, 1.54) is 4.90 Å². The number of hydroxylamine groups is 2. The Balaban J connectivity index is 1.45. The van der Waals surface area contributed by atoms with E-state index in [2.05, 4.69) is 20.8 Å². The lowest BCUT2D eigenvalue weighted by Gasteiger charge is -2.30. The van der Waals surface area contributed by atoms with E-state index in [0.29, 0.717) is 35.4 Å². The Hall–Kier alpha value is -2.67. The first-order valence-electron chi connectivity index (χ1n) is 11.5. The van der Waals surface area contributed by atoms with Gasteiger partial charge in [0.05, 0.1) is 25.7 Å². The highest BCUT2D eigenvalue weighted by molar-refractivity contribution is 5.80. The highest BCUT2D eigenvalue weighted by Gasteiger charge is 2.43. The van der Waals surface area contributed by atoms with Gasteiger partial charge in [0.2, 0.25) is 18.3 Å². The molecule has 2 saturated carbocycles. The van der Waals surface area contributed by atoms with Crippen LogP contribution in [0, 0.1) is 23.7 Å². The smallest absolute Gasteiger partial charge is 0.378 e. The number of halogens is 3. The molecule has 188 valence electrons. The molecule has 2 amide bonds. The number of hydrogen-bond donors (Lipinski definition) is 3. The van der Waals surface area contributed by atoms with Crippen LogP contribution in [0.1, 0.15) is 37.7 Å². The number of aromatic nitrogens is 2. The van der Waals surface area contributed by atoms with Crippen LogP contribution >= 0.6 is 0 Å². The van der Waals surface area contributed by atoms with Gasteiger partial charge in [0.25, 0.3) is 0 Å². The van der Waals surface area contributed by atoms with E-state index < -0.39 is 23.6 Å². The molecular weight excluding hydrogens is 457 g/mol. The lowest BCUT2D eigenvalue weighted by molar-refractivity contribution is -0.155. The molecule has 0 unspecified atom stereocenters. The Morgan fingerprint density at radius 1 is 1.26 bits per heavy atom. The molecule has 4 rings (SSSR count). The molecule has 34 heavy (non-hydrogen) atoms. The van der Waals surface area contributed by atoms with E-state index in [1.807, 2.05) is 0 Å². The SMILES string of the molecule is O=CN(O)C[C@@H](CC1C2CCC1CC2)C(=O)NNc1ncc(C(F)(F)F)c(N2CCOCC2)n1. The standard InChI is InChI=1S/C21H29F3N6O4/c22-21(23,24)17-10-25-20(26-18(17)29-5-7-34-8-6-29)28-27-19(32)15(11-30(33)12-31)9-16-13-1-2-14(16)4-3-13/h10,12-16,33H,1-9,11H2,(H,27,32)(H,25,26,28)/t13?,14?,15-,16?/m1/s1. The molecule has 2 heterocycles. The van der Waals surface area contributed by atoms with Crippen molar-refractivity contribution in [3.63, 3.8) is 0 Å². The Kier molecular flexibility index (Phi) is 7.41. The summed E-state index contributed by atoms with van der Waals surface area (Å²) in [5.74, 6) is -0.225. The Morgan fingerprint density at radius 3 is 2.50 bits per heavy atom. The molecule has 1 aliphatic heterocycles. The predicted molar refractivity (Wildman–Crippen MR) is 113 cm³/mol. The summed E-state index contributed by atoms with van der Waals surface area (Å²) < 4.78 is 45.7. The summed E-state index contributed by atoms with van der Waals surface area (Å²) in [5, 5.41) is 10.1. The number of anilines is 2. The van der Waals surface area contributed by atoms with Crippen molar-refractivity contribution in [2.75, 3.05) is 43.2 Å². The monoisotopic (exact) mass is 486 g/mol. The molecular formula is C21H29F3N6O4. The van der Waals surface area contributed by atoms with Gasteiger partial charge in [-0.25, -0.2) is 10.0 Å². The number of carbonyl (C=O) groups excluding carboxylic acids is 2. The molecule has 1 aromatic heterocycles. The number of amides is 2. The Bertz CT molecular complexity index is 863. The van der Waals surface area contributed by atoms with Crippen LogP contribution in [0.2, 0.25) is 0 Å². The molecule has 13 heteroatoms. The molecule has 2 bridgehead atoms. The lowest BCUT2D eigenvalue weighted by atomic mass is 9.86. The molecule has 3 N–H and O–H groups in total. The highest BCUT2D eigenvalue weighted by Crippen LogP contribution is 2.51. The zero-order valence-corrected chi connectivity index (χ0v) is 18.6. The van der Waals surface area contributed by atoms with Crippen molar-refractivity contribution >= 4 is 24.1 Å². The summed E-state index contributed by atoms with van der Waals surface area (Å²) in [6.07, 6.45) is 1.31. The van der Waals surface area contributed by atoms with E-state index in [-0.39, 0.29) is 51.0 Å². The number of fused-ring (bicyclic) bond motifs is 2. The third kappa shape index (κ3) is 5.52. The number of alkyl halides is 3. The van der Waals surface area contributed by atoms with Gasteiger partial charge < -0.3 is 9.64 Å². The highest BCUT2D eigenvalue weighted by atomic mass is 19.4. The third-order valence-electron chi connectivity index (χ3n) is 7.17. The number of morpholine rings is 1. The van der Waals surface area contributed by atoms with E-state index in [1.54, 1.807) is 0 Å². The summed E-state index contributed by atoms with van der Waals surface area (Å²) in [6, 6.07) is 0. The summed E-state index contributed by atoms with van der Waals surface area (Å²) in [5.41, 5.74) is 3.98. The minimum Gasteiger partial charge on any atom is -0.378 e. The quantitative estimate of drug-likeness (QED) is 0.276. The van der Waals surface area contributed by atoms with Crippen molar-refractivity contribution < 1.29 is 32.7 Å². The van der Waals surface area contributed by atoms with Crippen LogP contribution in [0.15, 0.2) is 6.20 Å². The summed E-state index contributed by atoms with van der Waals surface area (Å²) in [4.78, 5) is 33.0. The molecule has 1 saturated heterocycles. The first-order valence-corrected chi connectivity index (χ1v) is 11.5. The van der Waals surface area contributed by atoms with Crippen LogP contribution in [0.3, 0.4) is 0 Å². The average molecular weight is 486 g/mol. The second-order valence-electron chi connectivity index (χ2n) is 9.14. The van der Waals surface area contributed by atoms with Gasteiger partial charge in [0.1, 0.15) is 11.4 Å². The van der Waals surface area contributed by atoms with Gasteiger partial charge in [-0.1, -0.05) is 0 Å². The third-order valence-corrected chi connectivity index (χ3v) is 7.17. The van der Waals surface area contributed by atoms with Gasteiger partial charge >= 0.3 is 6.18 Å². The molecule has 10 nitrogen and oxygen atoms in total. The van der Waals surface area contributed by atoms with Crippen LogP contribution in [-0.2, 0) is 20.5 Å². The molecule has 2 aliphatic carbocycles. The maximum Gasteiger partial charge on any atom is 0.421 e. The predicted octanol–water partition coefficient (Wildman–Crippen LogP) is 2.07. The number of hydrogen-bond acceptors (Lipinski definition) is 8. The van der Waals surface area contributed by atoms with Crippen molar-refractivity contribution in [1.82, 2.24) is 20.5 Å². The number of hydrazine groups is 1. The summed E-state index contributed by atoms with van der Waals surface area (Å²) in [7, 11) is 0. The van der Waals surface area contributed by atoms with Gasteiger partial charge in [0, 0.05) is 19.3 Å². The molecule has 1 atom stereocenters. The van der Waals surface area contributed by atoms with E-state index >= 15 is 0 Å². The number of carbonyl (C=O) groups is 2. The van der Waals surface area contributed by atoms with Crippen LogP contribution in [0.4, 0.5) is 24.9 Å². The zero-order valence-electron chi connectivity index (χ0n) is 18.6. The second-order valence-corrected chi connectivity index (χ2v) is 9.14. The largest absolute Gasteiger partial charge is 0.421 e. The number of nitrogens with zero attached hydrogens (tertiary/aromatic N) is 4. The number of nitrogens with one attached hydrogen (secondary N) is 2. The van der Waals surface area contributed by atoms with E-state index in [9.17, 15) is 28.0 Å². The van der Waals surface area contributed by atoms with Crippen LogP contribution in [0.5, 0.6) is 0 Å². The van der Waals surface area contributed by atoms with Gasteiger partial charge in [-0.05, 0) is 49.9 Å². The van der Waals surface area contributed by atoms with Crippen molar-refractivity contribution in [2.45, 2.75) is 38.3 Å². The first kappa shape index (κ1) is 24.5. The Morgan fingerprint density at radius 2 is 1.91 bits per heavy atom. The van der Waals surface area contributed by atoms with Gasteiger partial charge in [0.15, 0.2) is 0 Å². The number of rotatable bonds is 9. The fourth-order valence-corrected chi connectivity index (χ4v) is 5.50. The first-order chi connectivity index (χ1) is 16.3. The fraction of sp³-hybridized carbons (Fsp3) is 0.714. The van der Waals surface area contributed by atoms with Crippen molar-refractivity contribution in [3.05, 3.63) is 11.8 Å². The molecule has 0 radical (unpaired) electrons. The van der Waals surface area contributed by atoms with E-state index in [4.69, 9.17) is 4.74 Å². The maximum absolute atomic E-state index is 13.5. The maximum atomic E-state index is 13.5. The minimum absolute atomic E-state index is 0.181. The molecule has 1 aromatic rings. The van der Waals surface area contributed by atoms with Gasteiger partial charge in [-0.15, -0.1) is 0 Å². The lowest BCUT2D eigenvalue weighted by Crippen LogP contribution is -2.42. The fourth-order valence-electron chi connectivity index (χ4n) is 5.50. The van der Waals surface area contributed by atoms with Crippen LogP contribution in [0.25, 0.3) is 0 Å². The zero-order chi connectivity index (χ0) is 24.3. The van der Waals surface area contributed by atoms with Crippen LogP contribution < -0.4 is 15.8 Å². The van der Waals surface area contributed by atoms with Crippen LogP contribution in [-0.4, -0.2) is 65.4 Å². The van der Waals surface area contributed by atoms with Crippen molar-refractivity contribution in [2.24, 2.45) is 23.7 Å². The molecule has 3 aliphatic rings. The molecule has 0 spiro atoms. The van der Waals surface area contributed by atoms with Crippen molar-refractivity contribution in [3.8, 4) is 0 Å². The average Bonchev–Trinajstić information content (AvgIpc) is 3.40. The minimum atomic E-state index is -4.64. The molecule has 0 aromatic carbocycles. The van der Waals surface area contributed by atoms with Gasteiger partial charge in [-0.3, -0.25) is 25.6 Å². The number of ether oxygens (including phenoxy) is 1. The van der Waals surface area contributed by atoms with Gasteiger partial charge in [-0.2, -0.15) is 18.2 Å². The van der Waals surface area contributed by atoms with E-state index in [0.717, 1.165) is 25.7 Å².